The van der Waals surface area contributed by atoms with Gasteiger partial charge in [-0.3, -0.25) is 19.3 Å². The molecular weight excluding hydrogens is 344 g/mol. The van der Waals surface area contributed by atoms with Crippen LogP contribution in [0.15, 0.2) is 23.1 Å². The predicted octanol–water partition coefficient (Wildman–Crippen LogP) is 2.31. The van der Waals surface area contributed by atoms with Gasteiger partial charge in [-0.25, -0.2) is 0 Å². The molecule has 0 radical (unpaired) electrons. The number of benzene rings is 1. The van der Waals surface area contributed by atoms with Gasteiger partial charge in [-0.15, -0.1) is 0 Å². The first-order valence-corrected chi connectivity index (χ1v) is 8.63. The Morgan fingerprint density at radius 3 is 2.60 bits per heavy atom. The molecule has 134 valence electrons. The van der Waals surface area contributed by atoms with Crippen LogP contribution in [-0.2, 0) is 9.59 Å². The molecular formula is C17H20N2O5S. The minimum atomic E-state index is -0.498. The smallest absolute Gasteiger partial charge is 0.294 e. The van der Waals surface area contributed by atoms with E-state index in [-0.39, 0.29) is 28.9 Å². The van der Waals surface area contributed by atoms with E-state index in [1.165, 1.54) is 19.3 Å². The van der Waals surface area contributed by atoms with Crippen molar-refractivity contribution in [1.29, 1.82) is 0 Å². The molecule has 1 heterocycles. The molecule has 0 spiro atoms. The maximum Gasteiger partial charge on any atom is 0.294 e. The topological polar surface area (TPSA) is 87.2 Å². The number of carbonyl (C=O) groups is 3. The number of aromatic hydroxyl groups is 1. The number of thioether (sulfide) groups is 1. The van der Waals surface area contributed by atoms with Gasteiger partial charge in [-0.1, -0.05) is 6.07 Å². The lowest BCUT2D eigenvalue weighted by Gasteiger charge is -2.21. The Morgan fingerprint density at radius 2 is 2.00 bits per heavy atom. The summed E-state index contributed by atoms with van der Waals surface area (Å²) < 4.78 is 5.02. The number of phenols is 1. The summed E-state index contributed by atoms with van der Waals surface area (Å²) in [5.41, 5.74) is 0.607. The molecule has 0 saturated carbocycles. The molecule has 2 rings (SSSR count). The second-order valence-electron chi connectivity index (χ2n) is 5.27. The molecule has 0 unspecified atom stereocenters. The normalized spacial score (nSPS) is 15.8. The van der Waals surface area contributed by atoms with Crippen LogP contribution in [0, 0.1) is 0 Å². The molecule has 7 nitrogen and oxygen atoms in total. The quantitative estimate of drug-likeness (QED) is 0.780. The average Bonchev–Trinajstić information content (AvgIpc) is 2.85. The van der Waals surface area contributed by atoms with Crippen molar-refractivity contribution in [1.82, 2.24) is 9.80 Å². The first-order chi connectivity index (χ1) is 11.9. The van der Waals surface area contributed by atoms with E-state index in [2.05, 4.69) is 0 Å². The standard InChI is InChI=1S/C17H20N2O5S/c1-4-18(5-2)15(21)10-19-16(22)14(25-17(19)23)9-11-6-7-12(20)13(8-11)24-3/h6-9,20H,4-5,10H2,1-3H3/b14-9-. The Morgan fingerprint density at radius 1 is 1.32 bits per heavy atom. The summed E-state index contributed by atoms with van der Waals surface area (Å²) in [5, 5.41) is 9.14. The Kier molecular flexibility index (Phi) is 6.08. The zero-order chi connectivity index (χ0) is 18.6. The van der Waals surface area contributed by atoms with Crippen molar-refractivity contribution in [2.24, 2.45) is 0 Å². The zero-order valence-corrected chi connectivity index (χ0v) is 15.1. The third-order valence-electron chi connectivity index (χ3n) is 3.78. The van der Waals surface area contributed by atoms with Crippen LogP contribution in [0.3, 0.4) is 0 Å². The largest absolute Gasteiger partial charge is 0.504 e. The number of likely N-dealkylation sites (N-methyl/N-ethyl adjacent to an activating group) is 1. The van der Waals surface area contributed by atoms with E-state index in [1.54, 1.807) is 17.0 Å². The Balaban J connectivity index is 2.19. The summed E-state index contributed by atoms with van der Waals surface area (Å²) in [4.78, 5) is 39.4. The molecule has 1 aliphatic heterocycles. The van der Waals surface area contributed by atoms with Crippen molar-refractivity contribution in [2.75, 3.05) is 26.7 Å². The number of hydrogen-bond acceptors (Lipinski definition) is 6. The first-order valence-electron chi connectivity index (χ1n) is 7.81. The highest BCUT2D eigenvalue weighted by atomic mass is 32.2. The Bertz CT molecular complexity index is 728. The maximum atomic E-state index is 12.4. The number of rotatable bonds is 6. The molecule has 0 atom stereocenters. The molecule has 0 aromatic heterocycles. The number of nitrogens with zero attached hydrogens (tertiary/aromatic N) is 2. The van der Waals surface area contributed by atoms with E-state index in [9.17, 15) is 19.5 Å². The number of imide groups is 1. The fourth-order valence-corrected chi connectivity index (χ4v) is 3.22. The monoisotopic (exact) mass is 364 g/mol. The molecule has 25 heavy (non-hydrogen) atoms. The van der Waals surface area contributed by atoms with Gasteiger partial charge in [0.15, 0.2) is 11.5 Å². The van der Waals surface area contributed by atoms with Gasteiger partial charge >= 0.3 is 0 Å². The second kappa shape index (κ2) is 8.06. The highest BCUT2D eigenvalue weighted by molar-refractivity contribution is 8.18. The summed E-state index contributed by atoms with van der Waals surface area (Å²) >= 11 is 0.788. The van der Waals surface area contributed by atoms with Gasteiger partial charge in [0.1, 0.15) is 6.54 Å². The van der Waals surface area contributed by atoms with Gasteiger partial charge in [0.2, 0.25) is 5.91 Å². The molecule has 1 aromatic rings. The summed E-state index contributed by atoms with van der Waals surface area (Å²) in [7, 11) is 1.42. The lowest BCUT2D eigenvalue weighted by atomic mass is 10.2. The van der Waals surface area contributed by atoms with Crippen molar-refractivity contribution in [3.63, 3.8) is 0 Å². The van der Waals surface area contributed by atoms with Crippen LogP contribution in [-0.4, -0.2) is 58.7 Å². The Labute approximate surface area is 150 Å². The fourth-order valence-electron chi connectivity index (χ4n) is 2.38. The average molecular weight is 364 g/mol. The predicted molar refractivity (Wildman–Crippen MR) is 95.3 cm³/mol. The number of phenolic OH excluding ortho intramolecular Hbond substituents is 1. The van der Waals surface area contributed by atoms with Crippen LogP contribution in [0.25, 0.3) is 6.08 Å². The van der Waals surface area contributed by atoms with Crippen molar-refractivity contribution in [3.05, 3.63) is 28.7 Å². The van der Waals surface area contributed by atoms with E-state index in [1.807, 2.05) is 13.8 Å². The van der Waals surface area contributed by atoms with E-state index >= 15 is 0 Å². The van der Waals surface area contributed by atoms with E-state index in [4.69, 9.17) is 4.74 Å². The fraction of sp³-hybridized carbons (Fsp3) is 0.353. The molecule has 0 aliphatic carbocycles. The van der Waals surface area contributed by atoms with Gasteiger partial charge in [0.25, 0.3) is 11.1 Å². The molecule has 3 amide bonds. The molecule has 1 saturated heterocycles. The van der Waals surface area contributed by atoms with Gasteiger partial charge in [-0.2, -0.15) is 0 Å². The lowest BCUT2D eigenvalue weighted by molar-refractivity contribution is -0.135. The highest BCUT2D eigenvalue weighted by Crippen LogP contribution is 2.34. The number of ether oxygens (including phenoxy) is 1. The van der Waals surface area contributed by atoms with Crippen LogP contribution < -0.4 is 4.74 Å². The first kappa shape index (κ1) is 18.9. The SMILES string of the molecule is CCN(CC)C(=O)CN1C(=O)S/C(=C\c2ccc(O)c(OC)c2)C1=O. The van der Waals surface area contributed by atoms with Crippen molar-refractivity contribution in [3.8, 4) is 11.5 Å². The third kappa shape index (κ3) is 4.14. The molecule has 1 N–H and O–H groups in total. The summed E-state index contributed by atoms with van der Waals surface area (Å²) in [6.45, 7) is 4.46. The van der Waals surface area contributed by atoms with Crippen molar-refractivity contribution < 1.29 is 24.2 Å². The van der Waals surface area contributed by atoms with Crippen LogP contribution in [0.1, 0.15) is 19.4 Å². The zero-order valence-electron chi connectivity index (χ0n) is 14.3. The minimum Gasteiger partial charge on any atom is -0.504 e. The molecule has 1 fully saturated rings. The minimum absolute atomic E-state index is 0.0161. The van der Waals surface area contributed by atoms with Gasteiger partial charge in [-0.05, 0) is 49.4 Å². The Hall–Kier alpha value is -2.48. The van der Waals surface area contributed by atoms with E-state index < -0.39 is 11.1 Å². The molecule has 1 aromatic carbocycles. The maximum absolute atomic E-state index is 12.4. The van der Waals surface area contributed by atoms with Gasteiger partial charge < -0.3 is 14.7 Å². The molecule has 0 bridgehead atoms. The molecule has 1 aliphatic rings. The van der Waals surface area contributed by atoms with Gasteiger partial charge in [0, 0.05) is 13.1 Å². The highest BCUT2D eigenvalue weighted by Gasteiger charge is 2.36. The van der Waals surface area contributed by atoms with Gasteiger partial charge in [0.05, 0.1) is 12.0 Å². The van der Waals surface area contributed by atoms with Crippen molar-refractivity contribution in [2.45, 2.75) is 13.8 Å². The van der Waals surface area contributed by atoms with Crippen molar-refractivity contribution >= 4 is 34.9 Å². The number of methoxy groups -OCH3 is 1. The van der Waals surface area contributed by atoms with Crippen LogP contribution >= 0.6 is 11.8 Å². The number of hydrogen-bond donors (Lipinski definition) is 1. The molecule has 8 heteroatoms. The number of carbonyl (C=O) groups excluding carboxylic acids is 3. The third-order valence-corrected chi connectivity index (χ3v) is 4.69. The van der Waals surface area contributed by atoms with Crippen LogP contribution in [0.2, 0.25) is 0 Å². The van der Waals surface area contributed by atoms with Crippen LogP contribution in [0.4, 0.5) is 4.79 Å². The number of amides is 3. The summed E-state index contributed by atoms with van der Waals surface area (Å²) in [6, 6.07) is 4.61. The van der Waals surface area contributed by atoms with E-state index in [0.717, 1.165) is 16.7 Å². The summed E-state index contributed by atoms with van der Waals surface area (Å²) in [5.74, 6) is -0.510. The lowest BCUT2D eigenvalue weighted by Crippen LogP contribution is -2.41. The van der Waals surface area contributed by atoms with Crippen LogP contribution in [0.5, 0.6) is 11.5 Å². The van der Waals surface area contributed by atoms with E-state index in [0.29, 0.717) is 18.7 Å². The second-order valence-corrected chi connectivity index (χ2v) is 6.26. The summed E-state index contributed by atoms with van der Waals surface area (Å²) in [6.07, 6.45) is 1.54.